The van der Waals surface area contributed by atoms with Gasteiger partial charge in [0.25, 0.3) is 0 Å². The molecule has 0 unspecified atom stereocenters. The number of nitrogens with one attached hydrogen (secondary N) is 1. The molecule has 0 radical (unpaired) electrons. The van der Waals surface area contributed by atoms with Crippen LogP contribution in [-0.2, 0) is 12.3 Å². The summed E-state index contributed by atoms with van der Waals surface area (Å²) in [6.07, 6.45) is 0.842. The van der Waals surface area contributed by atoms with Crippen molar-refractivity contribution in [2.75, 3.05) is 11.9 Å². The van der Waals surface area contributed by atoms with Crippen LogP contribution in [0, 0.1) is 0 Å². The summed E-state index contributed by atoms with van der Waals surface area (Å²) in [5.41, 5.74) is 1.91. The average Bonchev–Trinajstić information content (AvgIpc) is 2.88. The van der Waals surface area contributed by atoms with Crippen molar-refractivity contribution in [1.29, 1.82) is 0 Å². The minimum Gasteiger partial charge on any atom is -0.494 e. The molecule has 2 rings (SSSR count). The zero-order valence-electron chi connectivity index (χ0n) is 10.9. The number of anilines is 2. The van der Waals surface area contributed by atoms with E-state index in [1.807, 2.05) is 32.0 Å². The lowest BCUT2D eigenvalue weighted by molar-refractivity contribution is 0.337. The number of hydrogen-bond acceptors (Lipinski definition) is 5. The van der Waals surface area contributed by atoms with Crippen LogP contribution >= 0.6 is 23.1 Å². The van der Waals surface area contributed by atoms with Crippen molar-refractivity contribution in [2.45, 2.75) is 26.1 Å². The highest BCUT2D eigenvalue weighted by Crippen LogP contribution is 2.27. The van der Waals surface area contributed by atoms with E-state index in [1.165, 1.54) is 11.5 Å². The summed E-state index contributed by atoms with van der Waals surface area (Å²) in [5, 5.41) is 4.03. The van der Waals surface area contributed by atoms with Gasteiger partial charge in [-0.25, -0.2) is 4.98 Å². The molecule has 19 heavy (non-hydrogen) atoms. The highest BCUT2D eigenvalue weighted by molar-refractivity contribution is 7.09. The Labute approximate surface area is 122 Å². The first-order valence-corrected chi connectivity index (χ1v) is 7.48. The van der Waals surface area contributed by atoms with Gasteiger partial charge in [-0.05, 0) is 25.1 Å². The molecule has 0 saturated carbocycles. The lowest BCUT2D eigenvalue weighted by Crippen LogP contribution is -1.97. The number of benzene rings is 1. The molecule has 2 aromatic rings. The van der Waals surface area contributed by atoms with Crippen molar-refractivity contribution < 1.29 is 4.74 Å². The Morgan fingerprint density at radius 1 is 1.37 bits per heavy atom. The van der Waals surface area contributed by atoms with Crippen molar-refractivity contribution in [3.05, 3.63) is 29.6 Å². The fourth-order valence-electron chi connectivity index (χ4n) is 1.63. The second kappa shape index (κ2) is 6.73. The standard InChI is InChI=1S/C13H16ClN3OS/c1-3-12-16-13(19-17-12)15-10-5-6-11(18-4-2)9(7-10)8-14/h5-7H,3-4,8H2,1-2H3,(H,15,16,17). The number of rotatable bonds is 6. The van der Waals surface area contributed by atoms with Crippen LogP contribution in [0.3, 0.4) is 0 Å². The first-order chi connectivity index (χ1) is 9.26. The Hall–Kier alpha value is -1.33. The molecule has 0 atom stereocenters. The average molecular weight is 298 g/mol. The van der Waals surface area contributed by atoms with Gasteiger partial charge in [-0.3, -0.25) is 0 Å². The van der Waals surface area contributed by atoms with Crippen molar-refractivity contribution >= 4 is 34.0 Å². The molecule has 0 bridgehead atoms. The largest absolute Gasteiger partial charge is 0.494 e. The Morgan fingerprint density at radius 3 is 2.84 bits per heavy atom. The summed E-state index contributed by atoms with van der Waals surface area (Å²) < 4.78 is 9.75. The Morgan fingerprint density at radius 2 is 2.21 bits per heavy atom. The predicted molar refractivity (Wildman–Crippen MR) is 79.7 cm³/mol. The molecule has 1 N–H and O–H groups in total. The molecular formula is C13H16ClN3OS. The van der Waals surface area contributed by atoms with Crippen molar-refractivity contribution in [3.8, 4) is 5.75 Å². The smallest absolute Gasteiger partial charge is 0.207 e. The Balaban J connectivity index is 2.16. The molecule has 0 spiro atoms. The van der Waals surface area contributed by atoms with Gasteiger partial charge in [0.15, 0.2) is 0 Å². The number of alkyl halides is 1. The molecule has 4 nitrogen and oxygen atoms in total. The number of hydrogen-bond donors (Lipinski definition) is 1. The second-order valence-electron chi connectivity index (χ2n) is 3.88. The van der Waals surface area contributed by atoms with Gasteiger partial charge in [0.2, 0.25) is 5.13 Å². The minimum atomic E-state index is 0.418. The van der Waals surface area contributed by atoms with E-state index >= 15 is 0 Å². The van der Waals surface area contributed by atoms with Crippen molar-refractivity contribution in [1.82, 2.24) is 9.36 Å². The van der Waals surface area contributed by atoms with Crippen LogP contribution in [0.1, 0.15) is 25.2 Å². The third-order valence-corrected chi connectivity index (χ3v) is 3.50. The fourth-order valence-corrected chi connectivity index (χ4v) is 2.51. The summed E-state index contributed by atoms with van der Waals surface area (Å²) in [6.45, 7) is 4.62. The van der Waals surface area contributed by atoms with Gasteiger partial charge in [0, 0.05) is 29.2 Å². The number of nitrogens with zero attached hydrogens (tertiary/aromatic N) is 2. The van der Waals surface area contributed by atoms with Gasteiger partial charge >= 0.3 is 0 Å². The van der Waals surface area contributed by atoms with E-state index in [2.05, 4.69) is 14.7 Å². The first-order valence-electron chi connectivity index (χ1n) is 6.18. The summed E-state index contributed by atoms with van der Waals surface area (Å²) in [7, 11) is 0. The van der Waals surface area contributed by atoms with Gasteiger partial charge in [-0.1, -0.05) is 6.92 Å². The molecule has 0 saturated heterocycles. The molecule has 0 fully saturated rings. The normalized spacial score (nSPS) is 10.5. The Kier molecular flexibility index (Phi) is 4.99. The molecule has 0 amide bonds. The van der Waals surface area contributed by atoms with Crippen LogP contribution in [0.4, 0.5) is 10.8 Å². The van der Waals surface area contributed by atoms with E-state index in [-0.39, 0.29) is 0 Å². The van der Waals surface area contributed by atoms with Crippen LogP contribution in [-0.4, -0.2) is 16.0 Å². The molecule has 6 heteroatoms. The van der Waals surface area contributed by atoms with Gasteiger partial charge in [0.05, 0.1) is 12.5 Å². The summed E-state index contributed by atoms with van der Waals surface area (Å²) in [5.74, 6) is 2.10. The third-order valence-electron chi connectivity index (χ3n) is 2.54. The van der Waals surface area contributed by atoms with E-state index in [1.54, 1.807) is 0 Å². The second-order valence-corrected chi connectivity index (χ2v) is 4.90. The molecule has 0 aliphatic rings. The quantitative estimate of drug-likeness (QED) is 0.819. The maximum atomic E-state index is 5.94. The third kappa shape index (κ3) is 3.58. The summed E-state index contributed by atoms with van der Waals surface area (Å²) in [6, 6.07) is 5.85. The zero-order valence-corrected chi connectivity index (χ0v) is 12.5. The number of aromatic nitrogens is 2. The van der Waals surface area contributed by atoms with Crippen LogP contribution in [0.15, 0.2) is 18.2 Å². The molecule has 1 heterocycles. The fraction of sp³-hybridized carbons (Fsp3) is 0.385. The van der Waals surface area contributed by atoms with E-state index in [4.69, 9.17) is 16.3 Å². The van der Waals surface area contributed by atoms with Crippen LogP contribution in [0.5, 0.6) is 5.75 Å². The van der Waals surface area contributed by atoms with Crippen LogP contribution in [0.25, 0.3) is 0 Å². The zero-order chi connectivity index (χ0) is 13.7. The number of halogens is 1. The number of ether oxygens (including phenoxy) is 1. The van der Waals surface area contributed by atoms with Crippen molar-refractivity contribution in [3.63, 3.8) is 0 Å². The highest BCUT2D eigenvalue weighted by Gasteiger charge is 2.06. The van der Waals surface area contributed by atoms with Crippen molar-refractivity contribution in [2.24, 2.45) is 0 Å². The summed E-state index contributed by atoms with van der Waals surface area (Å²) in [4.78, 5) is 4.37. The minimum absolute atomic E-state index is 0.418. The van der Waals surface area contributed by atoms with E-state index in [9.17, 15) is 0 Å². The monoisotopic (exact) mass is 297 g/mol. The number of aryl methyl sites for hydroxylation is 1. The van der Waals surface area contributed by atoms with Gasteiger partial charge < -0.3 is 10.1 Å². The maximum absolute atomic E-state index is 5.94. The highest BCUT2D eigenvalue weighted by atomic mass is 35.5. The summed E-state index contributed by atoms with van der Waals surface area (Å²) >= 11 is 7.30. The molecule has 1 aromatic carbocycles. The molecule has 0 aliphatic heterocycles. The van der Waals surface area contributed by atoms with Gasteiger partial charge in [0.1, 0.15) is 11.6 Å². The van der Waals surface area contributed by atoms with E-state index in [0.717, 1.165) is 34.4 Å². The molecule has 102 valence electrons. The lowest BCUT2D eigenvalue weighted by Gasteiger charge is -2.10. The molecule has 0 aliphatic carbocycles. The maximum Gasteiger partial charge on any atom is 0.207 e. The van der Waals surface area contributed by atoms with Crippen LogP contribution < -0.4 is 10.1 Å². The Bertz CT molecular complexity index is 544. The van der Waals surface area contributed by atoms with Gasteiger partial charge in [-0.15, -0.1) is 11.6 Å². The molecule has 1 aromatic heterocycles. The lowest BCUT2D eigenvalue weighted by atomic mass is 10.2. The van der Waals surface area contributed by atoms with Gasteiger partial charge in [-0.2, -0.15) is 4.37 Å². The van der Waals surface area contributed by atoms with E-state index in [0.29, 0.717) is 12.5 Å². The predicted octanol–water partition coefficient (Wildman–Crippen LogP) is 3.98. The SMILES string of the molecule is CCOc1ccc(Nc2nc(CC)ns2)cc1CCl. The topological polar surface area (TPSA) is 47.0 Å². The van der Waals surface area contributed by atoms with E-state index < -0.39 is 0 Å². The first kappa shape index (κ1) is 14.1. The van der Waals surface area contributed by atoms with Crippen LogP contribution in [0.2, 0.25) is 0 Å². The molecular weight excluding hydrogens is 282 g/mol.